The second-order valence-corrected chi connectivity index (χ2v) is 9.97. The van der Waals surface area contributed by atoms with Gasteiger partial charge in [-0.3, -0.25) is 9.59 Å². The van der Waals surface area contributed by atoms with Crippen molar-refractivity contribution in [3.8, 4) is 11.5 Å². The molecule has 2 unspecified atom stereocenters. The van der Waals surface area contributed by atoms with Crippen LogP contribution in [0.3, 0.4) is 0 Å². The molecule has 0 saturated heterocycles. The van der Waals surface area contributed by atoms with Gasteiger partial charge in [-0.25, -0.2) is 0 Å². The maximum Gasteiger partial charge on any atom is 0.277 e. The summed E-state index contributed by atoms with van der Waals surface area (Å²) in [6.45, 7) is 7.57. The van der Waals surface area contributed by atoms with Crippen LogP contribution >= 0.6 is 11.8 Å². The van der Waals surface area contributed by atoms with Gasteiger partial charge in [-0.2, -0.15) is 0 Å². The van der Waals surface area contributed by atoms with Crippen molar-refractivity contribution in [1.82, 2.24) is 10.2 Å². The predicted octanol–water partition coefficient (Wildman–Crippen LogP) is 4.93. The number of hydrogen-bond donors (Lipinski definition) is 1. The average Bonchev–Trinajstić information content (AvgIpc) is 3.26. The zero-order valence-electron chi connectivity index (χ0n) is 18.8. The normalized spacial score (nSPS) is 16.2. The van der Waals surface area contributed by atoms with Crippen molar-refractivity contribution in [2.75, 3.05) is 11.9 Å². The number of hydrogen-bond acceptors (Lipinski definition) is 8. The third-order valence-electron chi connectivity index (χ3n) is 4.96. The van der Waals surface area contributed by atoms with Gasteiger partial charge in [0.1, 0.15) is 6.61 Å². The van der Waals surface area contributed by atoms with E-state index >= 15 is 0 Å². The Morgan fingerprint density at radius 1 is 1.06 bits per heavy atom. The first kappa shape index (κ1) is 22.8. The van der Waals surface area contributed by atoms with Crippen molar-refractivity contribution >= 4 is 29.1 Å². The first-order chi connectivity index (χ1) is 15.7. The van der Waals surface area contributed by atoms with Gasteiger partial charge < -0.3 is 19.2 Å². The molecule has 2 aromatic carbocycles. The van der Waals surface area contributed by atoms with E-state index in [1.54, 1.807) is 31.2 Å². The van der Waals surface area contributed by atoms with Gasteiger partial charge >= 0.3 is 0 Å². The van der Waals surface area contributed by atoms with Crippen molar-refractivity contribution in [3.63, 3.8) is 0 Å². The third-order valence-corrected chi connectivity index (χ3v) is 5.90. The second kappa shape index (κ2) is 9.27. The number of ether oxygens (including phenoxy) is 2. The summed E-state index contributed by atoms with van der Waals surface area (Å²) in [7, 11) is 0. The Morgan fingerprint density at radius 2 is 1.76 bits per heavy atom. The highest BCUT2D eigenvalue weighted by Gasteiger charge is 2.28. The fourth-order valence-electron chi connectivity index (χ4n) is 3.02. The first-order valence-corrected chi connectivity index (χ1v) is 11.4. The number of rotatable bonds is 6. The van der Waals surface area contributed by atoms with E-state index in [1.165, 1.54) is 11.8 Å². The van der Waals surface area contributed by atoms with Crippen LogP contribution in [0.1, 0.15) is 50.0 Å². The fraction of sp³-hybridized carbons (Fsp3) is 0.333. The maximum absolute atomic E-state index is 12.8. The fourth-order valence-corrected chi connectivity index (χ4v) is 3.78. The van der Waals surface area contributed by atoms with Crippen LogP contribution in [0.25, 0.3) is 0 Å². The summed E-state index contributed by atoms with van der Waals surface area (Å²) in [5, 5.41) is 10.8. The van der Waals surface area contributed by atoms with E-state index in [9.17, 15) is 9.59 Å². The number of carbonyl (C=O) groups excluding carboxylic acids is 2. The summed E-state index contributed by atoms with van der Waals surface area (Å²) in [6.07, 6.45) is -0.511. The molecule has 0 saturated carbocycles. The lowest BCUT2D eigenvalue weighted by Crippen LogP contribution is -2.27. The zero-order valence-corrected chi connectivity index (χ0v) is 19.6. The van der Waals surface area contributed by atoms with Crippen LogP contribution in [0, 0.1) is 5.41 Å². The van der Waals surface area contributed by atoms with Crippen molar-refractivity contribution < 1.29 is 23.5 Å². The topological polar surface area (TPSA) is 104 Å². The van der Waals surface area contributed by atoms with E-state index in [0.717, 1.165) is 0 Å². The quantitative estimate of drug-likeness (QED) is 0.402. The lowest BCUT2D eigenvalue weighted by Gasteiger charge is -2.23. The number of aromatic nitrogens is 2. The molecular weight excluding hydrogens is 442 g/mol. The van der Waals surface area contributed by atoms with Gasteiger partial charge in [0, 0.05) is 16.7 Å². The minimum absolute atomic E-state index is 0.0837. The molecule has 2 heterocycles. The average molecular weight is 468 g/mol. The van der Waals surface area contributed by atoms with E-state index in [1.807, 2.05) is 45.0 Å². The highest BCUT2D eigenvalue weighted by Crippen LogP contribution is 2.36. The number of thioether (sulfide) groups is 1. The van der Waals surface area contributed by atoms with E-state index in [0.29, 0.717) is 28.6 Å². The molecule has 0 spiro atoms. The number of fused-ring (bicyclic) bond motifs is 1. The highest BCUT2D eigenvalue weighted by molar-refractivity contribution is 8.00. The van der Waals surface area contributed by atoms with Crippen molar-refractivity contribution in [2.45, 2.75) is 44.3 Å². The molecule has 1 N–H and O–H groups in total. The molecule has 0 aliphatic carbocycles. The third kappa shape index (κ3) is 5.36. The lowest BCUT2D eigenvalue weighted by molar-refractivity contribution is -0.123. The minimum atomic E-state index is -0.511. The van der Waals surface area contributed by atoms with Gasteiger partial charge in [0.05, 0.1) is 5.25 Å². The van der Waals surface area contributed by atoms with Crippen molar-refractivity contribution in [3.05, 3.63) is 60.0 Å². The monoisotopic (exact) mass is 467 g/mol. The molecule has 0 radical (unpaired) electrons. The lowest BCUT2D eigenvalue weighted by atomic mass is 9.95. The van der Waals surface area contributed by atoms with Gasteiger partial charge in [0.2, 0.25) is 12.0 Å². The van der Waals surface area contributed by atoms with Gasteiger partial charge in [-0.1, -0.05) is 44.7 Å². The van der Waals surface area contributed by atoms with Crippen LogP contribution in [-0.4, -0.2) is 33.7 Å². The number of carbonyl (C=O) groups is 2. The van der Waals surface area contributed by atoms with Crippen LogP contribution in [0.4, 0.5) is 5.69 Å². The molecular formula is C24H25N3O5S. The Hall–Kier alpha value is -3.33. The summed E-state index contributed by atoms with van der Waals surface area (Å²) in [6, 6.07) is 14.2. The van der Waals surface area contributed by atoms with Crippen molar-refractivity contribution in [1.29, 1.82) is 0 Å². The van der Waals surface area contributed by atoms with Gasteiger partial charge in [-0.15, -0.1) is 10.2 Å². The molecule has 9 heteroatoms. The standard InChI is InChI=1S/C24H25N3O5S/c1-14(20(28)15-9-11-16(12-10-15)25-22(29)24(2,3)4)33-23-27-26-21(32-23)19-13-30-17-7-5-6-8-18(17)31-19/h5-12,14,19H,13H2,1-4H3,(H,25,29). The molecule has 4 rings (SSSR count). The molecule has 0 bridgehead atoms. The van der Waals surface area contributed by atoms with Crippen LogP contribution in [0.5, 0.6) is 11.5 Å². The number of Topliss-reactive ketones (excluding diaryl/α,β-unsaturated/α-hetero) is 1. The molecule has 8 nitrogen and oxygen atoms in total. The second-order valence-electron chi connectivity index (χ2n) is 8.68. The number of benzene rings is 2. The molecule has 3 aromatic rings. The molecule has 2 atom stereocenters. The summed E-state index contributed by atoms with van der Waals surface area (Å²) >= 11 is 1.18. The molecule has 1 aliphatic heterocycles. The largest absolute Gasteiger partial charge is 0.485 e. The van der Waals surface area contributed by atoms with E-state index in [4.69, 9.17) is 13.9 Å². The van der Waals surface area contributed by atoms with E-state index in [2.05, 4.69) is 15.5 Å². The van der Waals surface area contributed by atoms with E-state index in [-0.39, 0.29) is 23.5 Å². The summed E-state index contributed by atoms with van der Waals surface area (Å²) < 4.78 is 17.3. The number of anilines is 1. The first-order valence-electron chi connectivity index (χ1n) is 10.5. The van der Waals surface area contributed by atoms with Gasteiger partial charge in [0.15, 0.2) is 17.3 Å². The molecule has 33 heavy (non-hydrogen) atoms. The minimum Gasteiger partial charge on any atom is -0.485 e. The molecule has 1 aliphatic rings. The summed E-state index contributed by atoms with van der Waals surface area (Å²) in [5.41, 5.74) is 0.675. The highest BCUT2D eigenvalue weighted by atomic mass is 32.2. The molecule has 172 valence electrons. The number of amides is 1. The summed E-state index contributed by atoms with van der Waals surface area (Å²) in [5.74, 6) is 1.41. The van der Waals surface area contributed by atoms with E-state index < -0.39 is 16.8 Å². The molecule has 1 aromatic heterocycles. The van der Waals surface area contributed by atoms with Crippen LogP contribution in [0.15, 0.2) is 58.2 Å². The predicted molar refractivity (Wildman–Crippen MR) is 124 cm³/mol. The Kier molecular flexibility index (Phi) is 6.42. The Labute approximate surface area is 196 Å². The maximum atomic E-state index is 12.8. The number of ketones is 1. The van der Waals surface area contributed by atoms with Crippen molar-refractivity contribution in [2.24, 2.45) is 5.41 Å². The number of nitrogens with one attached hydrogen (secondary N) is 1. The molecule has 0 fully saturated rings. The van der Waals surface area contributed by atoms with Crippen LogP contribution in [0.2, 0.25) is 0 Å². The zero-order chi connectivity index (χ0) is 23.6. The SMILES string of the molecule is CC(Sc1nnc(C2COc3ccccc3O2)o1)C(=O)c1ccc(NC(=O)C(C)(C)C)cc1. The van der Waals surface area contributed by atoms with Gasteiger partial charge in [-0.05, 0) is 43.3 Å². The van der Waals surface area contributed by atoms with Crippen LogP contribution in [-0.2, 0) is 4.79 Å². The smallest absolute Gasteiger partial charge is 0.277 e. The van der Waals surface area contributed by atoms with Crippen LogP contribution < -0.4 is 14.8 Å². The Morgan fingerprint density at radius 3 is 2.45 bits per heavy atom. The number of para-hydroxylation sites is 2. The number of nitrogens with zero attached hydrogens (tertiary/aromatic N) is 2. The Bertz CT molecular complexity index is 1150. The van der Waals surface area contributed by atoms with Gasteiger partial charge in [0.25, 0.3) is 11.1 Å². The Balaban J connectivity index is 1.36. The molecule has 1 amide bonds. The summed E-state index contributed by atoms with van der Waals surface area (Å²) in [4.78, 5) is 25.0.